The molecule has 0 aromatic heterocycles. The molecular formula is C24H20. The van der Waals surface area contributed by atoms with Gasteiger partial charge in [-0.25, -0.2) is 0 Å². The zero-order valence-electron chi connectivity index (χ0n) is 14.1. The monoisotopic (exact) mass is 308 g/mol. The molecular weight excluding hydrogens is 288 g/mol. The molecule has 0 radical (unpaired) electrons. The average Bonchev–Trinajstić information content (AvgIpc) is 2.92. The van der Waals surface area contributed by atoms with Crippen molar-refractivity contribution in [3.05, 3.63) is 96.1 Å². The predicted octanol–water partition coefficient (Wildman–Crippen LogP) is 6.74. The second kappa shape index (κ2) is 5.98. The van der Waals surface area contributed by atoms with Gasteiger partial charge in [-0.15, -0.1) is 0 Å². The first-order chi connectivity index (χ1) is 11.7. The summed E-state index contributed by atoms with van der Waals surface area (Å²) in [4.78, 5) is 0. The quantitative estimate of drug-likeness (QED) is 0.384. The molecule has 2 aromatic carbocycles. The number of benzene rings is 2. The third-order valence-electron chi connectivity index (χ3n) is 4.64. The van der Waals surface area contributed by atoms with Crippen LogP contribution in [0.15, 0.2) is 84.9 Å². The lowest BCUT2D eigenvalue weighted by atomic mass is 9.94. The Morgan fingerprint density at radius 3 is 1.67 bits per heavy atom. The van der Waals surface area contributed by atoms with Crippen LogP contribution in [-0.4, -0.2) is 0 Å². The third kappa shape index (κ3) is 2.51. The van der Waals surface area contributed by atoms with Crippen molar-refractivity contribution in [2.24, 2.45) is 0 Å². The van der Waals surface area contributed by atoms with Crippen LogP contribution in [0.3, 0.4) is 0 Å². The lowest BCUT2D eigenvalue weighted by molar-refractivity contribution is 1.49. The summed E-state index contributed by atoms with van der Waals surface area (Å²) in [5.41, 5.74) is 10.5. The molecule has 0 saturated carbocycles. The van der Waals surface area contributed by atoms with Gasteiger partial charge in [0.2, 0.25) is 0 Å². The summed E-state index contributed by atoms with van der Waals surface area (Å²) in [6.07, 6.45) is 0. The Morgan fingerprint density at radius 1 is 0.500 bits per heavy atom. The maximum atomic E-state index is 2.32. The maximum Gasteiger partial charge on any atom is -0.00698 e. The van der Waals surface area contributed by atoms with E-state index in [0.29, 0.717) is 0 Å². The van der Waals surface area contributed by atoms with Crippen LogP contribution in [-0.2, 0) is 0 Å². The molecule has 0 fully saturated rings. The second-order valence-corrected chi connectivity index (χ2v) is 6.40. The lowest BCUT2D eigenvalue weighted by Crippen LogP contribution is -1.84. The van der Waals surface area contributed by atoms with E-state index < -0.39 is 0 Å². The van der Waals surface area contributed by atoms with Crippen molar-refractivity contribution >= 4 is 0 Å². The Morgan fingerprint density at radius 2 is 1.04 bits per heavy atom. The average molecular weight is 308 g/mol. The summed E-state index contributed by atoms with van der Waals surface area (Å²) < 4.78 is 0. The molecule has 0 unspecified atom stereocenters. The minimum absolute atomic E-state index is 1.27. The minimum Gasteiger partial charge on any atom is -0.0622 e. The van der Waals surface area contributed by atoms with Crippen molar-refractivity contribution in [3.63, 3.8) is 0 Å². The fraction of sp³-hybridized carbons (Fsp3) is 0.0833. The molecule has 2 aliphatic carbocycles. The molecule has 0 heteroatoms. The minimum atomic E-state index is 1.27. The SMILES string of the molecule is Cc1cc(-c2ccccc2)c2ccc(C)c-2c(-c2ccccc2)c1. The van der Waals surface area contributed by atoms with Crippen LogP contribution in [0.1, 0.15) is 11.1 Å². The number of fused-ring (bicyclic) bond motifs is 1. The van der Waals surface area contributed by atoms with Gasteiger partial charge < -0.3 is 0 Å². The van der Waals surface area contributed by atoms with E-state index >= 15 is 0 Å². The van der Waals surface area contributed by atoms with Gasteiger partial charge in [0.15, 0.2) is 0 Å². The van der Waals surface area contributed by atoms with Gasteiger partial charge in [-0.05, 0) is 58.4 Å². The van der Waals surface area contributed by atoms with Gasteiger partial charge >= 0.3 is 0 Å². The molecule has 0 N–H and O–H groups in total. The molecule has 0 amide bonds. The highest BCUT2D eigenvalue weighted by Crippen LogP contribution is 2.42. The first-order valence-electron chi connectivity index (χ1n) is 8.39. The van der Waals surface area contributed by atoms with Gasteiger partial charge in [0.05, 0.1) is 0 Å². The van der Waals surface area contributed by atoms with Gasteiger partial charge in [0.1, 0.15) is 0 Å². The molecule has 2 aromatic rings. The maximum absolute atomic E-state index is 2.32. The lowest BCUT2D eigenvalue weighted by Gasteiger charge is -2.10. The summed E-state index contributed by atoms with van der Waals surface area (Å²) in [7, 11) is 0. The van der Waals surface area contributed by atoms with Gasteiger partial charge in [0, 0.05) is 0 Å². The number of aryl methyl sites for hydroxylation is 2. The summed E-state index contributed by atoms with van der Waals surface area (Å²) in [6, 6.07) is 30.5. The van der Waals surface area contributed by atoms with Crippen molar-refractivity contribution in [3.8, 4) is 33.4 Å². The Bertz CT molecular complexity index is 950. The molecule has 0 saturated heterocycles. The summed E-state index contributed by atoms with van der Waals surface area (Å²) in [6.45, 7) is 4.39. The van der Waals surface area contributed by atoms with E-state index in [0.717, 1.165) is 0 Å². The summed E-state index contributed by atoms with van der Waals surface area (Å²) >= 11 is 0. The van der Waals surface area contributed by atoms with Crippen molar-refractivity contribution in [1.82, 2.24) is 0 Å². The van der Waals surface area contributed by atoms with Crippen LogP contribution in [0.25, 0.3) is 33.4 Å². The Kier molecular flexibility index (Phi) is 3.66. The zero-order chi connectivity index (χ0) is 16.5. The molecule has 4 rings (SSSR count). The Hall–Kier alpha value is -2.86. The van der Waals surface area contributed by atoms with Gasteiger partial charge in [-0.3, -0.25) is 0 Å². The van der Waals surface area contributed by atoms with E-state index in [4.69, 9.17) is 0 Å². The first kappa shape index (κ1) is 14.7. The largest absolute Gasteiger partial charge is 0.0622 e. The van der Waals surface area contributed by atoms with Crippen LogP contribution >= 0.6 is 0 Å². The third-order valence-corrected chi connectivity index (χ3v) is 4.64. The predicted molar refractivity (Wildman–Crippen MR) is 103 cm³/mol. The van der Waals surface area contributed by atoms with E-state index in [1.165, 1.54) is 44.5 Å². The van der Waals surface area contributed by atoms with Crippen LogP contribution in [0.5, 0.6) is 0 Å². The van der Waals surface area contributed by atoms with Crippen molar-refractivity contribution in [2.45, 2.75) is 13.8 Å². The van der Waals surface area contributed by atoms with E-state index in [-0.39, 0.29) is 0 Å². The first-order valence-corrected chi connectivity index (χ1v) is 8.39. The fourth-order valence-corrected chi connectivity index (χ4v) is 3.52. The molecule has 0 heterocycles. The molecule has 24 heavy (non-hydrogen) atoms. The highest BCUT2D eigenvalue weighted by molar-refractivity contribution is 5.95. The topological polar surface area (TPSA) is 0 Å². The van der Waals surface area contributed by atoms with Crippen molar-refractivity contribution in [1.29, 1.82) is 0 Å². The van der Waals surface area contributed by atoms with Crippen LogP contribution in [0.2, 0.25) is 0 Å². The molecule has 116 valence electrons. The van der Waals surface area contributed by atoms with Gasteiger partial charge in [0.25, 0.3) is 0 Å². The number of hydrogen-bond acceptors (Lipinski definition) is 0. The zero-order valence-corrected chi connectivity index (χ0v) is 14.1. The van der Waals surface area contributed by atoms with E-state index in [9.17, 15) is 0 Å². The molecule has 0 bridgehead atoms. The van der Waals surface area contributed by atoms with Crippen LogP contribution < -0.4 is 0 Å². The number of hydrogen-bond donors (Lipinski definition) is 0. The Labute approximate surface area is 143 Å². The Balaban J connectivity index is 2.05. The highest BCUT2D eigenvalue weighted by atomic mass is 14.2. The smallest absolute Gasteiger partial charge is 0.00698 e. The molecule has 0 aliphatic heterocycles. The van der Waals surface area contributed by atoms with E-state index in [1.807, 2.05) is 0 Å². The molecule has 0 nitrogen and oxygen atoms in total. The second-order valence-electron chi connectivity index (χ2n) is 6.40. The van der Waals surface area contributed by atoms with Crippen LogP contribution in [0.4, 0.5) is 0 Å². The van der Waals surface area contributed by atoms with E-state index in [2.05, 4.69) is 98.8 Å². The molecule has 0 spiro atoms. The fourth-order valence-electron chi connectivity index (χ4n) is 3.52. The van der Waals surface area contributed by atoms with Gasteiger partial charge in [-0.1, -0.05) is 84.9 Å². The van der Waals surface area contributed by atoms with Crippen molar-refractivity contribution < 1.29 is 0 Å². The highest BCUT2D eigenvalue weighted by Gasteiger charge is 2.17. The normalized spacial score (nSPS) is 10.9. The van der Waals surface area contributed by atoms with Gasteiger partial charge in [-0.2, -0.15) is 0 Å². The molecule has 2 aliphatic rings. The van der Waals surface area contributed by atoms with E-state index in [1.54, 1.807) is 0 Å². The van der Waals surface area contributed by atoms with Crippen LogP contribution in [0, 0.1) is 13.8 Å². The standard InChI is InChI=1S/C24H20/c1-17-15-22(19-9-5-3-6-10-19)21-14-13-18(2)24(21)23(16-17)20-11-7-4-8-12-20/h3-16H,1-2H3. The van der Waals surface area contributed by atoms with Crippen molar-refractivity contribution in [2.75, 3.05) is 0 Å². The number of rotatable bonds is 2. The summed E-state index contributed by atoms with van der Waals surface area (Å²) in [5.74, 6) is 0. The molecule has 0 atom stereocenters. The summed E-state index contributed by atoms with van der Waals surface area (Å²) in [5, 5.41) is 0.